The van der Waals surface area contributed by atoms with E-state index in [-0.39, 0.29) is 5.91 Å². The number of amides is 1. The van der Waals surface area contributed by atoms with Crippen molar-refractivity contribution in [3.05, 3.63) is 17.8 Å². The lowest BCUT2D eigenvalue weighted by molar-refractivity contribution is -0.119. The molecule has 1 aromatic rings. The van der Waals surface area contributed by atoms with Crippen molar-refractivity contribution in [2.24, 2.45) is 5.73 Å². The molecule has 1 aromatic heterocycles. The fourth-order valence-electron chi connectivity index (χ4n) is 2.19. The van der Waals surface area contributed by atoms with Crippen LogP contribution in [0, 0.1) is 6.92 Å². The number of aryl methyl sites for hydroxylation is 1. The van der Waals surface area contributed by atoms with E-state index in [9.17, 15) is 4.79 Å². The Balaban J connectivity index is 1.99. The quantitative estimate of drug-likeness (QED) is 0.759. The molecule has 0 atom stereocenters. The number of aromatic nitrogens is 1. The minimum absolute atomic E-state index is 0.281. The first-order valence-electron chi connectivity index (χ1n) is 6.04. The Morgan fingerprint density at radius 1 is 1.39 bits per heavy atom. The summed E-state index contributed by atoms with van der Waals surface area (Å²) in [6.45, 7) is 5.53. The number of nitrogens with two attached hydrogens (primary N) is 2. The Kier molecular flexibility index (Phi) is 3.66. The van der Waals surface area contributed by atoms with Crippen LogP contribution in [-0.4, -0.2) is 48.5 Å². The Bertz CT molecular complexity index is 440. The highest BCUT2D eigenvalue weighted by atomic mass is 16.1. The second-order valence-corrected chi connectivity index (χ2v) is 4.66. The lowest BCUT2D eigenvalue weighted by Crippen LogP contribution is -2.49. The van der Waals surface area contributed by atoms with E-state index in [4.69, 9.17) is 11.5 Å². The van der Waals surface area contributed by atoms with Crippen LogP contribution in [0.4, 0.5) is 11.5 Å². The van der Waals surface area contributed by atoms with Crippen LogP contribution >= 0.6 is 0 Å². The van der Waals surface area contributed by atoms with Crippen molar-refractivity contribution in [2.75, 3.05) is 43.4 Å². The Morgan fingerprint density at radius 3 is 2.61 bits per heavy atom. The molecule has 1 aliphatic rings. The van der Waals surface area contributed by atoms with Gasteiger partial charge in [-0.3, -0.25) is 9.69 Å². The molecular weight excluding hydrogens is 230 g/mol. The molecule has 98 valence electrons. The molecular formula is C12H19N5O. The fraction of sp³-hybridized carbons (Fsp3) is 0.500. The van der Waals surface area contributed by atoms with Crippen LogP contribution in [0.1, 0.15) is 5.56 Å². The lowest BCUT2D eigenvalue weighted by atomic mass is 10.2. The summed E-state index contributed by atoms with van der Waals surface area (Å²) in [7, 11) is 0. The number of primary amides is 1. The molecule has 0 aliphatic carbocycles. The molecule has 6 heteroatoms. The molecule has 6 nitrogen and oxygen atoms in total. The van der Waals surface area contributed by atoms with Crippen LogP contribution in [0.3, 0.4) is 0 Å². The highest BCUT2D eigenvalue weighted by Gasteiger charge is 2.20. The van der Waals surface area contributed by atoms with Gasteiger partial charge in [-0.1, -0.05) is 0 Å². The molecule has 0 unspecified atom stereocenters. The normalized spacial score (nSPS) is 16.8. The van der Waals surface area contributed by atoms with Gasteiger partial charge in [0, 0.05) is 32.4 Å². The van der Waals surface area contributed by atoms with Crippen LogP contribution in [0.15, 0.2) is 12.3 Å². The van der Waals surface area contributed by atoms with E-state index < -0.39 is 0 Å². The second kappa shape index (κ2) is 5.22. The first-order chi connectivity index (χ1) is 8.56. The average molecular weight is 249 g/mol. The van der Waals surface area contributed by atoms with E-state index in [1.165, 1.54) is 0 Å². The van der Waals surface area contributed by atoms with Crippen molar-refractivity contribution in [1.82, 2.24) is 9.88 Å². The summed E-state index contributed by atoms with van der Waals surface area (Å²) < 4.78 is 0. The van der Waals surface area contributed by atoms with Crippen molar-refractivity contribution >= 4 is 17.4 Å². The van der Waals surface area contributed by atoms with Crippen LogP contribution in [0.25, 0.3) is 0 Å². The van der Waals surface area contributed by atoms with Crippen molar-refractivity contribution in [2.45, 2.75) is 6.92 Å². The van der Waals surface area contributed by atoms with Gasteiger partial charge in [0.2, 0.25) is 5.91 Å². The summed E-state index contributed by atoms with van der Waals surface area (Å²) in [6, 6.07) is 1.93. The number of rotatable bonds is 3. The lowest BCUT2D eigenvalue weighted by Gasteiger charge is -2.35. The molecule has 0 radical (unpaired) electrons. The Hall–Kier alpha value is -1.82. The zero-order valence-electron chi connectivity index (χ0n) is 10.6. The number of carbonyl (C=O) groups is 1. The van der Waals surface area contributed by atoms with Crippen molar-refractivity contribution in [1.29, 1.82) is 0 Å². The number of piperazine rings is 1. The summed E-state index contributed by atoms with van der Waals surface area (Å²) in [5.41, 5.74) is 12.9. The minimum Gasteiger partial charge on any atom is -0.396 e. The number of nitrogen functional groups attached to an aromatic ring is 1. The first-order valence-corrected chi connectivity index (χ1v) is 6.04. The number of anilines is 2. The highest BCUT2D eigenvalue weighted by molar-refractivity contribution is 5.76. The Morgan fingerprint density at radius 2 is 2.06 bits per heavy atom. The number of pyridine rings is 1. The molecule has 18 heavy (non-hydrogen) atoms. The number of carbonyl (C=O) groups excluding carboxylic acids is 1. The van der Waals surface area contributed by atoms with Crippen LogP contribution < -0.4 is 16.4 Å². The van der Waals surface area contributed by atoms with Gasteiger partial charge in [-0.25, -0.2) is 4.98 Å². The first kappa shape index (κ1) is 12.6. The van der Waals surface area contributed by atoms with Gasteiger partial charge in [-0.2, -0.15) is 0 Å². The predicted molar refractivity (Wildman–Crippen MR) is 71.2 cm³/mol. The molecule has 4 N–H and O–H groups in total. The van der Waals surface area contributed by atoms with Crippen LogP contribution in [-0.2, 0) is 4.79 Å². The summed E-state index contributed by atoms with van der Waals surface area (Å²) in [5.74, 6) is 0.552. The van der Waals surface area contributed by atoms with Crippen molar-refractivity contribution in [3.8, 4) is 0 Å². The number of hydrogen-bond acceptors (Lipinski definition) is 5. The summed E-state index contributed by atoms with van der Waals surface area (Å²) in [6.07, 6.45) is 1.82. The molecule has 1 aliphatic heterocycles. The molecule has 0 aromatic carbocycles. The third kappa shape index (κ3) is 2.89. The maximum atomic E-state index is 10.8. The topological polar surface area (TPSA) is 88.5 Å². The minimum atomic E-state index is -0.281. The van der Waals surface area contributed by atoms with Gasteiger partial charge in [-0.15, -0.1) is 0 Å². The summed E-state index contributed by atoms with van der Waals surface area (Å²) in [5, 5.41) is 0. The van der Waals surface area contributed by atoms with Gasteiger partial charge in [0.1, 0.15) is 0 Å². The molecule has 2 rings (SSSR count). The standard InChI is InChI=1S/C12H19N5O/c1-9-6-10(13)12(15-7-9)17-4-2-16(3-5-17)8-11(14)18/h6-7H,2-5,8,13H2,1H3,(H2,14,18). The van der Waals surface area contributed by atoms with Crippen molar-refractivity contribution < 1.29 is 4.79 Å². The highest BCUT2D eigenvalue weighted by Crippen LogP contribution is 2.21. The molecule has 1 saturated heterocycles. The van der Waals surface area contributed by atoms with Crippen molar-refractivity contribution in [3.63, 3.8) is 0 Å². The summed E-state index contributed by atoms with van der Waals surface area (Å²) in [4.78, 5) is 19.4. The Labute approximate surface area is 107 Å². The molecule has 0 bridgehead atoms. The van der Waals surface area contributed by atoms with E-state index in [0.29, 0.717) is 12.2 Å². The van der Waals surface area contributed by atoms with E-state index in [2.05, 4.69) is 9.88 Å². The van der Waals surface area contributed by atoms with E-state index in [0.717, 1.165) is 37.6 Å². The zero-order valence-corrected chi connectivity index (χ0v) is 10.6. The fourth-order valence-corrected chi connectivity index (χ4v) is 2.19. The SMILES string of the molecule is Cc1cnc(N2CCN(CC(N)=O)CC2)c(N)c1. The van der Waals surface area contributed by atoms with Gasteiger partial charge >= 0.3 is 0 Å². The number of nitrogens with zero attached hydrogens (tertiary/aromatic N) is 3. The van der Waals surface area contributed by atoms with Gasteiger partial charge in [0.15, 0.2) is 5.82 Å². The maximum Gasteiger partial charge on any atom is 0.231 e. The molecule has 0 saturated carbocycles. The average Bonchev–Trinajstić information content (AvgIpc) is 2.30. The van der Waals surface area contributed by atoms with Crippen LogP contribution in [0.2, 0.25) is 0 Å². The maximum absolute atomic E-state index is 10.8. The summed E-state index contributed by atoms with van der Waals surface area (Å²) >= 11 is 0. The van der Waals surface area contributed by atoms with E-state index in [1.807, 2.05) is 24.1 Å². The van der Waals surface area contributed by atoms with E-state index >= 15 is 0 Å². The van der Waals surface area contributed by atoms with Gasteiger partial charge < -0.3 is 16.4 Å². The van der Waals surface area contributed by atoms with Gasteiger partial charge in [0.25, 0.3) is 0 Å². The smallest absolute Gasteiger partial charge is 0.231 e. The third-order valence-electron chi connectivity index (χ3n) is 3.08. The van der Waals surface area contributed by atoms with E-state index in [1.54, 1.807) is 0 Å². The van der Waals surface area contributed by atoms with Gasteiger partial charge in [0.05, 0.1) is 12.2 Å². The second-order valence-electron chi connectivity index (χ2n) is 4.66. The predicted octanol–water partition coefficient (Wildman–Crippen LogP) is -0.420. The molecule has 0 spiro atoms. The monoisotopic (exact) mass is 249 g/mol. The number of hydrogen-bond donors (Lipinski definition) is 2. The third-order valence-corrected chi connectivity index (χ3v) is 3.08. The molecule has 1 fully saturated rings. The molecule has 2 heterocycles. The van der Waals surface area contributed by atoms with Gasteiger partial charge in [-0.05, 0) is 18.6 Å². The zero-order chi connectivity index (χ0) is 13.1. The molecule has 1 amide bonds. The van der Waals surface area contributed by atoms with Crippen LogP contribution in [0.5, 0.6) is 0 Å². The largest absolute Gasteiger partial charge is 0.396 e.